The molecule has 2 aromatic heterocycles. The van der Waals surface area contributed by atoms with Crippen LogP contribution in [0.2, 0.25) is 0 Å². The van der Waals surface area contributed by atoms with Gasteiger partial charge in [0.1, 0.15) is 11.6 Å². The predicted molar refractivity (Wildman–Crippen MR) is 140 cm³/mol. The van der Waals surface area contributed by atoms with Crippen molar-refractivity contribution in [3.63, 3.8) is 0 Å². The molecule has 1 saturated heterocycles. The second-order valence-corrected chi connectivity index (χ2v) is 9.36. The van der Waals surface area contributed by atoms with Gasteiger partial charge in [0.25, 0.3) is 0 Å². The van der Waals surface area contributed by atoms with Gasteiger partial charge in [0.05, 0.1) is 12.6 Å². The predicted octanol–water partition coefficient (Wildman–Crippen LogP) is 3.50. The summed E-state index contributed by atoms with van der Waals surface area (Å²) in [7, 11) is 0. The smallest absolute Gasteiger partial charge is 0.233 e. The third-order valence-electron chi connectivity index (χ3n) is 6.02. The third-order valence-corrected chi connectivity index (χ3v) is 6.02. The number of piperazine rings is 1. The van der Waals surface area contributed by atoms with E-state index in [1.54, 1.807) is 0 Å². The molecule has 4 rings (SSSR count). The Morgan fingerprint density at radius 1 is 0.943 bits per heavy atom. The summed E-state index contributed by atoms with van der Waals surface area (Å²) < 4.78 is 0. The number of aliphatic hydroxyl groups is 1. The number of nitrogens with one attached hydrogen (secondary N) is 2. The minimum atomic E-state index is 0.130. The number of aliphatic hydroxyl groups excluding tert-OH is 1. The molecule has 0 radical (unpaired) electrons. The van der Waals surface area contributed by atoms with E-state index in [1.165, 1.54) is 0 Å². The average Bonchev–Trinajstić information content (AvgIpc) is 2.85. The van der Waals surface area contributed by atoms with Crippen LogP contribution < -0.4 is 15.5 Å². The van der Waals surface area contributed by atoms with Crippen molar-refractivity contribution in [2.75, 3.05) is 54.9 Å². The van der Waals surface area contributed by atoms with Gasteiger partial charge >= 0.3 is 0 Å². The lowest BCUT2D eigenvalue weighted by Crippen LogP contribution is -2.47. The lowest BCUT2D eigenvalue weighted by molar-refractivity contribution is 0.188. The van der Waals surface area contributed by atoms with E-state index in [-0.39, 0.29) is 12.6 Å². The highest BCUT2D eigenvalue weighted by molar-refractivity contribution is 5.51. The summed E-state index contributed by atoms with van der Waals surface area (Å²) in [5.41, 5.74) is 2.17. The van der Waals surface area contributed by atoms with Crippen molar-refractivity contribution < 1.29 is 5.11 Å². The number of anilines is 4. The summed E-state index contributed by atoms with van der Waals surface area (Å²) in [5.74, 6) is 3.12. The number of nitrogens with zero attached hydrogens (tertiary/aromatic N) is 6. The van der Waals surface area contributed by atoms with Crippen LogP contribution >= 0.6 is 0 Å². The molecular weight excluding hydrogens is 440 g/mol. The lowest BCUT2D eigenvalue weighted by Gasteiger charge is -2.34. The normalized spacial score (nSPS) is 15.3. The first-order chi connectivity index (χ1) is 17.0. The van der Waals surface area contributed by atoms with E-state index in [0.717, 1.165) is 49.7 Å². The number of rotatable bonds is 10. The number of β-amino-alcohol motifs (C(OH)–C–C–N with tert-alkyl or cyclic N) is 1. The van der Waals surface area contributed by atoms with Crippen LogP contribution in [0.25, 0.3) is 0 Å². The molecule has 0 aliphatic carbocycles. The van der Waals surface area contributed by atoms with Crippen molar-refractivity contribution in [3.8, 4) is 0 Å². The van der Waals surface area contributed by atoms with Crippen LogP contribution in [0.5, 0.6) is 0 Å². The largest absolute Gasteiger partial charge is 0.395 e. The lowest BCUT2D eigenvalue weighted by atomic mass is 10.1. The number of para-hydroxylation sites is 1. The Bertz CT molecular complexity index is 1050. The maximum Gasteiger partial charge on any atom is 0.233 e. The van der Waals surface area contributed by atoms with Crippen molar-refractivity contribution in [2.45, 2.75) is 33.2 Å². The molecule has 0 amide bonds. The number of hydrogen-bond donors (Lipinski definition) is 3. The molecule has 0 spiro atoms. The minimum absolute atomic E-state index is 0.130. The zero-order chi connectivity index (χ0) is 24.6. The molecule has 1 fully saturated rings. The van der Waals surface area contributed by atoms with Gasteiger partial charge in [-0.3, -0.25) is 4.90 Å². The minimum Gasteiger partial charge on any atom is -0.395 e. The van der Waals surface area contributed by atoms with Crippen LogP contribution in [-0.2, 0) is 6.42 Å². The van der Waals surface area contributed by atoms with Gasteiger partial charge in [0.15, 0.2) is 0 Å². The molecule has 186 valence electrons. The standard InChI is InChI=1S/C26H36N8O/c1-19(2)17-24-30-25(32-26(31-24)34-13-11-33(12-14-34)15-16-35)29-23-10-9-21(18-27-23)20(3)28-22-7-5-4-6-8-22/h4-10,18-20,28,35H,11-17H2,1-3H3,(H,27,29,30,31,32). The van der Waals surface area contributed by atoms with E-state index in [9.17, 15) is 5.11 Å². The van der Waals surface area contributed by atoms with E-state index in [0.29, 0.717) is 30.2 Å². The molecule has 1 atom stereocenters. The van der Waals surface area contributed by atoms with Crippen LogP contribution in [0.15, 0.2) is 48.7 Å². The Kier molecular flexibility index (Phi) is 8.44. The van der Waals surface area contributed by atoms with Crippen molar-refractivity contribution in [2.24, 2.45) is 5.92 Å². The zero-order valence-corrected chi connectivity index (χ0v) is 20.9. The highest BCUT2D eigenvalue weighted by atomic mass is 16.3. The quantitative estimate of drug-likeness (QED) is 0.406. The monoisotopic (exact) mass is 476 g/mol. The SMILES string of the molecule is CC(C)Cc1nc(Nc2ccc(C(C)Nc3ccccc3)cn2)nc(N2CCN(CCO)CC2)n1. The third kappa shape index (κ3) is 7.10. The van der Waals surface area contributed by atoms with Gasteiger partial charge in [-0.2, -0.15) is 15.0 Å². The van der Waals surface area contributed by atoms with Gasteiger partial charge < -0.3 is 20.6 Å². The molecule has 1 unspecified atom stereocenters. The summed E-state index contributed by atoms with van der Waals surface area (Å²) >= 11 is 0. The Morgan fingerprint density at radius 3 is 2.37 bits per heavy atom. The summed E-state index contributed by atoms with van der Waals surface area (Å²) in [5, 5.41) is 16.0. The summed E-state index contributed by atoms with van der Waals surface area (Å²) in [6.45, 7) is 10.7. The second-order valence-electron chi connectivity index (χ2n) is 9.36. The highest BCUT2D eigenvalue weighted by Crippen LogP contribution is 2.21. The Balaban J connectivity index is 1.46. The average molecular weight is 477 g/mol. The molecule has 35 heavy (non-hydrogen) atoms. The number of benzene rings is 1. The van der Waals surface area contributed by atoms with Crippen molar-refractivity contribution in [1.82, 2.24) is 24.8 Å². The van der Waals surface area contributed by atoms with E-state index in [1.807, 2.05) is 30.5 Å². The first kappa shape index (κ1) is 24.8. The van der Waals surface area contributed by atoms with Gasteiger partial charge in [0, 0.05) is 51.0 Å². The molecule has 3 heterocycles. The Labute approximate surface area is 207 Å². The zero-order valence-electron chi connectivity index (χ0n) is 20.9. The summed E-state index contributed by atoms with van der Waals surface area (Å²) in [6.07, 6.45) is 2.66. The Hall–Kier alpha value is -3.30. The maximum atomic E-state index is 9.21. The van der Waals surface area contributed by atoms with Crippen molar-refractivity contribution in [3.05, 3.63) is 60.0 Å². The maximum absolute atomic E-state index is 9.21. The fourth-order valence-corrected chi connectivity index (χ4v) is 4.09. The van der Waals surface area contributed by atoms with E-state index >= 15 is 0 Å². The fraction of sp³-hybridized carbons (Fsp3) is 0.462. The van der Waals surface area contributed by atoms with Crippen LogP contribution in [-0.4, -0.2) is 69.3 Å². The molecule has 1 aliphatic rings. The number of pyridine rings is 1. The molecule has 1 aromatic carbocycles. The molecule has 0 bridgehead atoms. The van der Waals surface area contributed by atoms with E-state index < -0.39 is 0 Å². The molecular formula is C26H36N8O. The molecule has 1 aliphatic heterocycles. The van der Waals surface area contributed by atoms with Gasteiger partial charge in [-0.05, 0) is 36.6 Å². The Morgan fingerprint density at radius 2 is 1.71 bits per heavy atom. The van der Waals surface area contributed by atoms with Crippen LogP contribution in [0.3, 0.4) is 0 Å². The van der Waals surface area contributed by atoms with Crippen LogP contribution in [0.1, 0.15) is 38.2 Å². The highest BCUT2D eigenvalue weighted by Gasteiger charge is 2.20. The van der Waals surface area contributed by atoms with Crippen molar-refractivity contribution >= 4 is 23.4 Å². The summed E-state index contributed by atoms with van der Waals surface area (Å²) in [4.78, 5) is 23.2. The molecule has 3 N–H and O–H groups in total. The fourth-order valence-electron chi connectivity index (χ4n) is 4.09. The van der Waals surface area contributed by atoms with Crippen LogP contribution in [0, 0.1) is 5.92 Å². The topological polar surface area (TPSA) is 102 Å². The number of aromatic nitrogens is 4. The second kappa shape index (κ2) is 11.9. The van der Waals surface area contributed by atoms with E-state index in [2.05, 4.69) is 69.4 Å². The molecule has 9 heteroatoms. The van der Waals surface area contributed by atoms with E-state index in [4.69, 9.17) is 9.97 Å². The summed E-state index contributed by atoms with van der Waals surface area (Å²) in [6, 6.07) is 14.3. The van der Waals surface area contributed by atoms with Gasteiger partial charge in [0.2, 0.25) is 11.9 Å². The first-order valence-electron chi connectivity index (χ1n) is 12.4. The van der Waals surface area contributed by atoms with Crippen LogP contribution in [0.4, 0.5) is 23.4 Å². The number of hydrogen-bond acceptors (Lipinski definition) is 9. The molecule has 0 saturated carbocycles. The van der Waals surface area contributed by atoms with Gasteiger partial charge in [-0.25, -0.2) is 4.98 Å². The van der Waals surface area contributed by atoms with Gasteiger partial charge in [-0.15, -0.1) is 0 Å². The first-order valence-corrected chi connectivity index (χ1v) is 12.4. The molecule has 9 nitrogen and oxygen atoms in total. The van der Waals surface area contributed by atoms with Crippen molar-refractivity contribution in [1.29, 1.82) is 0 Å². The molecule has 3 aromatic rings. The van der Waals surface area contributed by atoms with Gasteiger partial charge in [-0.1, -0.05) is 38.1 Å².